The second kappa shape index (κ2) is 6.35. The number of H-pyrrole nitrogens is 1. The number of aromatic nitrogens is 4. The Morgan fingerprint density at radius 2 is 2.18 bits per heavy atom. The predicted octanol–water partition coefficient (Wildman–Crippen LogP) is 2.76. The van der Waals surface area contributed by atoms with Gasteiger partial charge in [-0.25, -0.2) is 4.98 Å². The Kier molecular flexibility index (Phi) is 4.10. The fraction of sp³-hybridized carbons (Fsp3) is 0.143. The van der Waals surface area contributed by atoms with E-state index in [1.165, 1.54) is 18.6 Å². The molecule has 0 aliphatic carbocycles. The van der Waals surface area contributed by atoms with Crippen molar-refractivity contribution in [2.24, 2.45) is 5.16 Å². The molecule has 0 amide bonds. The highest BCUT2D eigenvalue weighted by Gasteiger charge is 2.17. The molecule has 0 radical (unpaired) electrons. The number of hydrogen-bond donors (Lipinski definition) is 1. The van der Waals surface area contributed by atoms with Gasteiger partial charge in [0, 0.05) is 23.9 Å². The van der Waals surface area contributed by atoms with Crippen molar-refractivity contribution < 1.29 is 9.57 Å². The van der Waals surface area contributed by atoms with Crippen molar-refractivity contribution in [2.75, 3.05) is 7.11 Å². The number of benzene rings is 1. The fourth-order valence-electron chi connectivity index (χ4n) is 1.87. The van der Waals surface area contributed by atoms with Gasteiger partial charge < -0.3 is 14.6 Å². The van der Waals surface area contributed by atoms with Gasteiger partial charge in [-0.2, -0.15) is 9.36 Å². The summed E-state index contributed by atoms with van der Waals surface area (Å²) in [5.74, 6) is 1.87. The van der Waals surface area contributed by atoms with Crippen LogP contribution in [0.2, 0.25) is 0 Å². The van der Waals surface area contributed by atoms with Gasteiger partial charge in [0.1, 0.15) is 18.7 Å². The average Bonchev–Trinajstić information content (AvgIpc) is 3.18. The number of aromatic amines is 1. The maximum absolute atomic E-state index is 5.82. The van der Waals surface area contributed by atoms with E-state index in [4.69, 9.17) is 9.57 Å². The van der Waals surface area contributed by atoms with Crippen LogP contribution in [0.3, 0.4) is 0 Å². The van der Waals surface area contributed by atoms with Crippen LogP contribution in [0.1, 0.15) is 17.2 Å². The molecule has 0 saturated heterocycles. The Balaban J connectivity index is 2.01. The minimum Gasteiger partial charge on any atom is -0.429 e. The normalized spacial score (nSPS) is 11.5. The van der Waals surface area contributed by atoms with Crippen molar-refractivity contribution >= 4 is 17.2 Å². The summed E-state index contributed by atoms with van der Waals surface area (Å²) in [5, 5.41) is 4.53. The molecule has 22 heavy (non-hydrogen) atoms. The van der Waals surface area contributed by atoms with E-state index in [9.17, 15) is 0 Å². The van der Waals surface area contributed by atoms with Crippen LogP contribution < -0.4 is 4.74 Å². The Morgan fingerprint density at radius 1 is 1.32 bits per heavy atom. The summed E-state index contributed by atoms with van der Waals surface area (Å²) in [5.41, 5.74) is 1.29. The molecule has 0 atom stereocenters. The molecule has 112 valence electrons. The molecule has 3 aromatic rings. The van der Waals surface area contributed by atoms with Gasteiger partial charge in [-0.15, -0.1) is 0 Å². The van der Waals surface area contributed by atoms with Crippen LogP contribution in [0, 0.1) is 6.92 Å². The molecule has 7 nitrogen and oxygen atoms in total. The van der Waals surface area contributed by atoms with Crippen molar-refractivity contribution in [3.8, 4) is 10.9 Å². The molecule has 0 aliphatic rings. The minimum atomic E-state index is 0.473. The topological polar surface area (TPSA) is 85.3 Å². The lowest BCUT2D eigenvalue weighted by Crippen LogP contribution is -2.08. The van der Waals surface area contributed by atoms with Crippen molar-refractivity contribution in [2.45, 2.75) is 6.92 Å². The second-order valence-electron chi connectivity index (χ2n) is 4.27. The lowest BCUT2D eigenvalue weighted by atomic mass is 10.1. The van der Waals surface area contributed by atoms with E-state index in [2.05, 4.69) is 24.5 Å². The van der Waals surface area contributed by atoms with Gasteiger partial charge in [-0.3, -0.25) is 0 Å². The molecule has 8 heteroatoms. The molecule has 2 aromatic heterocycles. The lowest BCUT2D eigenvalue weighted by molar-refractivity contribution is 0.213. The molecular formula is C14H13N5O2S. The largest absolute Gasteiger partial charge is 0.429 e. The zero-order chi connectivity index (χ0) is 15.4. The van der Waals surface area contributed by atoms with Crippen molar-refractivity contribution in [3.05, 3.63) is 53.9 Å². The van der Waals surface area contributed by atoms with Crippen LogP contribution in [-0.4, -0.2) is 32.1 Å². The number of rotatable bonds is 5. The number of imidazole rings is 1. The molecule has 0 fully saturated rings. The van der Waals surface area contributed by atoms with Gasteiger partial charge in [0.25, 0.3) is 5.19 Å². The summed E-state index contributed by atoms with van der Waals surface area (Å²) in [6.45, 7) is 1.82. The molecule has 0 unspecified atom stereocenters. The second-order valence-corrected chi connectivity index (χ2v) is 4.98. The van der Waals surface area contributed by atoms with Gasteiger partial charge in [0.05, 0.1) is 5.56 Å². The zero-order valence-corrected chi connectivity index (χ0v) is 12.8. The van der Waals surface area contributed by atoms with E-state index in [1.807, 2.05) is 31.2 Å². The van der Waals surface area contributed by atoms with Crippen LogP contribution in [-0.2, 0) is 4.84 Å². The number of ether oxygens (including phenoxy) is 1. The molecule has 0 saturated carbocycles. The van der Waals surface area contributed by atoms with Crippen molar-refractivity contribution in [3.63, 3.8) is 0 Å². The number of nitrogens with one attached hydrogen (secondary N) is 1. The first kappa shape index (κ1) is 14.2. The van der Waals surface area contributed by atoms with E-state index < -0.39 is 0 Å². The van der Waals surface area contributed by atoms with E-state index in [-0.39, 0.29) is 0 Å². The molecular weight excluding hydrogens is 302 g/mol. The summed E-state index contributed by atoms with van der Waals surface area (Å²) in [6, 6.07) is 7.48. The first-order chi connectivity index (χ1) is 10.8. The Morgan fingerprint density at radius 3 is 2.86 bits per heavy atom. The quantitative estimate of drug-likeness (QED) is 0.578. The maximum Gasteiger partial charge on any atom is 0.298 e. The van der Waals surface area contributed by atoms with Gasteiger partial charge in [-0.1, -0.05) is 17.3 Å². The highest BCUT2D eigenvalue weighted by molar-refractivity contribution is 7.07. The van der Waals surface area contributed by atoms with Crippen LogP contribution in [0.15, 0.2) is 41.8 Å². The molecule has 2 heterocycles. The summed E-state index contributed by atoms with van der Waals surface area (Å²) < 4.78 is 9.93. The third kappa shape index (κ3) is 2.96. The summed E-state index contributed by atoms with van der Waals surface area (Å²) in [7, 11) is 1.49. The van der Waals surface area contributed by atoms with Gasteiger partial charge in [0.2, 0.25) is 0 Å². The smallest absolute Gasteiger partial charge is 0.298 e. The Labute approximate surface area is 130 Å². The summed E-state index contributed by atoms with van der Waals surface area (Å²) in [4.78, 5) is 16.4. The minimum absolute atomic E-state index is 0.473. The number of nitrogens with zero attached hydrogens (tertiary/aromatic N) is 4. The highest BCUT2D eigenvalue weighted by Crippen LogP contribution is 2.28. The van der Waals surface area contributed by atoms with E-state index >= 15 is 0 Å². The highest BCUT2D eigenvalue weighted by atomic mass is 32.1. The molecule has 0 spiro atoms. The molecule has 1 aromatic carbocycles. The van der Waals surface area contributed by atoms with Crippen LogP contribution >= 0.6 is 11.5 Å². The standard InChI is InChI=1S/C14H13N5O2S/c1-9-17-14(22-19-9)21-11-6-4-3-5-10(11)12(18-20-2)13-15-7-8-16-13/h3-8H,1-2H3,(H,15,16)/b18-12+. The first-order valence-corrected chi connectivity index (χ1v) is 7.23. The average molecular weight is 315 g/mol. The fourth-order valence-corrected chi connectivity index (χ4v) is 2.42. The van der Waals surface area contributed by atoms with Crippen molar-refractivity contribution in [1.82, 2.24) is 19.3 Å². The number of para-hydroxylation sites is 1. The maximum atomic E-state index is 5.82. The Hall–Kier alpha value is -2.74. The number of oxime groups is 1. The van der Waals surface area contributed by atoms with Gasteiger partial charge >= 0.3 is 0 Å². The summed E-state index contributed by atoms with van der Waals surface area (Å²) >= 11 is 1.20. The van der Waals surface area contributed by atoms with Gasteiger partial charge in [0.15, 0.2) is 11.5 Å². The van der Waals surface area contributed by atoms with E-state index in [0.29, 0.717) is 28.3 Å². The van der Waals surface area contributed by atoms with Crippen LogP contribution in [0.4, 0.5) is 0 Å². The lowest BCUT2D eigenvalue weighted by Gasteiger charge is -2.09. The van der Waals surface area contributed by atoms with Gasteiger partial charge in [-0.05, 0) is 19.1 Å². The van der Waals surface area contributed by atoms with Crippen molar-refractivity contribution in [1.29, 1.82) is 0 Å². The SMILES string of the molecule is CO/N=C(/c1ncc[nH]1)c1ccccc1Oc1nc(C)ns1. The summed E-state index contributed by atoms with van der Waals surface area (Å²) in [6.07, 6.45) is 3.37. The molecule has 0 bridgehead atoms. The third-order valence-corrected chi connectivity index (χ3v) is 3.44. The molecule has 1 N–H and O–H groups in total. The Bertz CT molecular complexity index is 782. The number of aryl methyl sites for hydroxylation is 1. The van der Waals surface area contributed by atoms with Crippen LogP contribution in [0.5, 0.6) is 10.9 Å². The predicted molar refractivity (Wildman–Crippen MR) is 82.4 cm³/mol. The zero-order valence-electron chi connectivity index (χ0n) is 12.0. The first-order valence-electron chi connectivity index (χ1n) is 6.46. The molecule has 3 rings (SSSR count). The monoisotopic (exact) mass is 315 g/mol. The van der Waals surface area contributed by atoms with E-state index in [1.54, 1.807) is 12.4 Å². The van der Waals surface area contributed by atoms with E-state index in [0.717, 1.165) is 5.56 Å². The van der Waals surface area contributed by atoms with Crippen LogP contribution in [0.25, 0.3) is 0 Å². The number of hydrogen-bond acceptors (Lipinski definition) is 7. The third-order valence-electron chi connectivity index (χ3n) is 2.75. The molecule has 0 aliphatic heterocycles.